The highest BCUT2D eigenvalue weighted by atomic mass is 16.2. The van der Waals surface area contributed by atoms with E-state index in [-0.39, 0.29) is 61.9 Å². The SMILES string of the molecule is CCCC[C@H](NC(C)=O)C(=O)N[C@@H](C)C(=O)NCCCCC1C(=O)Nc2ccc(C)cc2C(=O)N1CC(=O)N[C@@H](CCCN=C(N)N)C(=O)N[C@@H](Cc1ccc2ccccc2c1)C(N)=O. The Hall–Kier alpha value is -7.05. The number of carbonyl (C=O) groups is 8. The number of nitrogens with one attached hydrogen (secondary N) is 6. The van der Waals surface area contributed by atoms with Gasteiger partial charge in [0.2, 0.25) is 41.4 Å². The van der Waals surface area contributed by atoms with Gasteiger partial charge >= 0.3 is 0 Å². The minimum atomic E-state index is -1.22. The maximum absolute atomic E-state index is 14.2. The van der Waals surface area contributed by atoms with Crippen LogP contribution in [0.4, 0.5) is 5.69 Å². The van der Waals surface area contributed by atoms with Crippen LogP contribution in [0.25, 0.3) is 10.8 Å². The van der Waals surface area contributed by atoms with E-state index in [4.69, 9.17) is 17.2 Å². The molecule has 19 nitrogen and oxygen atoms in total. The molecule has 19 heteroatoms. The van der Waals surface area contributed by atoms with E-state index in [9.17, 15) is 38.4 Å². The predicted octanol–water partition coefficient (Wildman–Crippen LogP) is 1.15. The lowest BCUT2D eigenvalue weighted by Crippen LogP contribution is -2.56. The second-order valence-corrected chi connectivity index (χ2v) is 16.3. The molecule has 0 fully saturated rings. The number of anilines is 1. The molecular weight excluding hydrogens is 835 g/mol. The maximum atomic E-state index is 14.2. The first-order valence-electron chi connectivity index (χ1n) is 22.0. The number of nitrogens with two attached hydrogens (primary N) is 3. The molecule has 5 atom stereocenters. The predicted molar refractivity (Wildman–Crippen MR) is 247 cm³/mol. The standard InChI is InChI=1S/C46H63N11O8/c1-5-6-14-35(53-29(4)58)42(62)52-28(3)41(61)50-21-10-9-16-38-44(64)55-34-20-17-27(2)23-33(34)45(65)57(38)26-39(59)54-36(15-11-22-51-46(48)49)43(63)56-37(40(47)60)25-30-18-19-31-12-7-8-13-32(31)24-30/h7-8,12-13,17-20,23-24,28,35-38H,5-6,9-11,14-16,21-22,25-26H2,1-4H3,(H2,47,60)(H,50,61)(H,52,62)(H,53,58)(H,54,59)(H,55,64)(H,56,63)(H4,48,49,51)/t28-,35-,36-,37-,38?/m0/s1. The molecule has 0 saturated carbocycles. The van der Waals surface area contributed by atoms with Crippen LogP contribution in [0.2, 0.25) is 0 Å². The van der Waals surface area contributed by atoms with Gasteiger partial charge in [-0.25, -0.2) is 0 Å². The molecule has 0 bridgehead atoms. The first kappa shape index (κ1) is 50.6. The third kappa shape index (κ3) is 15.6. The summed E-state index contributed by atoms with van der Waals surface area (Å²) in [5.74, 6) is -4.79. The van der Waals surface area contributed by atoms with Gasteiger partial charge in [0, 0.05) is 26.4 Å². The zero-order chi connectivity index (χ0) is 47.6. The van der Waals surface area contributed by atoms with Gasteiger partial charge in [0.15, 0.2) is 5.96 Å². The lowest BCUT2D eigenvalue weighted by atomic mass is 10.0. The average Bonchev–Trinajstić information content (AvgIpc) is 3.34. The minimum Gasteiger partial charge on any atom is -0.370 e. The van der Waals surface area contributed by atoms with Crippen LogP contribution in [0.5, 0.6) is 0 Å². The number of carbonyl (C=O) groups excluding carboxylic acids is 8. The van der Waals surface area contributed by atoms with Gasteiger partial charge in [-0.15, -0.1) is 0 Å². The number of primary amides is 1. The number of guanidine groups is 1. The largest absolute Gasteiger partial charge is 0.370 e. The van der Waals surface area contributed by atoms with E-state index < -0.39 is 78.1 Å². The summed E-state index contributed by atoms with van der Waals surface area (Å²) in [4.78, 5) is 111. The number of benzene rings is 3. The molecule has 12 N–H and O–H groups in total. The second kappa shape index (κ2) is 24.7. The number of amides is 8. The number of aliphatic imine (C=N–C) groups is 1. The number of rotatable bonds is 24. The maximum Gasteiger partial charge on any atom is 0.257 e. The van der Waals surface area contributed by atoms with E-state index in [0.717, 1.165) is 33.2 Å². The molecule has 0 saturated heterocycles. The van der Waals surface area contributed by atoms with Crippen LogP contribution in [0.3, 0.4) is 0 Å². The summed E-state index contributed by atoms with van der Waals surface area (Å²) in [6.07, 6.45) is 3.15. The van der Waals surface area contributed by atoms with Crippen LogP contribution < -0.4 is 49.1 Å². The highest BCUT2D eigenvalue weighted by molar-refractivity contribution is 6.11. The molecule has 0 spiro atoms. The van der Waals surface area contributed by atoms with Crippen LogP contribution in [0.15, 0.2) is 65.7 Å². The van der Waals surface area contributed by atoms with Crippen molar-refractivity contribution in [3.63, 3.8) is 0 Å². The smallest absolute Gasteiger partial charge is 0.257 e. The molecule has 1 aliphatic heterocycles. The van der Waals surface area contributed by atoms with Gasteiger partial charge < -0.3 is 54.0 Å². The molecule has 1 aliphatic rings. The Balaban J connectivity index is 1.45. The number of aryl methyl sites for hydroxylation is 1. The molecule has 0 aliphatic carbocycles. The van der Waals surface area contributed by atoms with Gasteiger partial charge in [0.05, 0.1) is 11.3 Å². The Bertz CT molecular complexity index is 2240. The van der Waals surface area contributed by atoms with E-state index >= 15 is 0 Å². The first-order valence-corrected chi connectivity index (χ1v) is 22.0. The summed E-state index contributed by atoms with van der Waals surface area (Å²) in [6, 6.07) is 13.1. The summed E-state index contributed by atoms with van der Waals surface area (Å²) in [7, 11) is 0. The van der Waals surface area contributed by atoms with Crippen molar-refractivity contribution >= 4 is 69.7 Å². The summed E-state index contributed by atoms with van der Waals surface area (Å²) in [5.41, 5.74) is 18.7. The van der Waals surface area contributed by atoms with Crippen LogP contribution >= 0.6 is 0 Å². The molecule has 1 heterocycles. The van der Waals surface area contributed by atoms with Crippen LogP contribution in [-0.4, -0.2) is 108 Å². The summed E-state index contributed by atoms with van der Waals surface area (Å²) in [6.45, 7) is 6.30. The first-order chi connectivity index (χ1) is 31.0. The van der Waals surface area contributed by atoms with E-state index in [2.05, 4.69) is 36.9 Å². The second-order valence-electron chi connectivity index (χ2n) is 16.3. The molecule has 4 rings (SSSR count). The summed E-state index contributed by atoms with van der Waals surface area (Å²) in [5, 5.41) is 18.2. The zero-order valence-electron chi connectivity index (χ0n) is 37.5. The summed E-state index contributed by atoms with van der Waals surface area (Å²) < 4.78 is 0. The fourth-order valence-electron chi connectivity index (χ4n) is 7.46. The molecule has 65 heavy (non-hydrogen) atoms. The monoisotopic (exact) mass is 897 g/mol. The van der Waals surface area contributed by atoms with Gasteiger partial charge in [-0.1, -0.05) is 73.9 Å². The van der Waals surface area contributed by atoms with Crippen LogP contribution in [0.1, 0.15) is 93.6 Å². The lowest BCUT2D eigenvalue weighted by Gasteiger charge is -2.29. The average molecular weight is 898 g/mol. The topological polar surface area (TPSA) is 302 Å². The van der Waals surface area contributed by atoms with Gasteiger partial charge in [-0.3, -0.25) is 43.3 Å². The quantitative estimate of drug-likeness (QED) is 0.0351. The number of fused-ring (bicyclic) bond motifs is 2. The third-order valence-corrected chi connectivity index (χ3v) is 10.9. The number of nitrogens with zero attached hydrogens (tertiary/aromatic N) is 2. The Morgan fingerprint density at radius 2 is 1.48 bits per heavy atom. The molecular formula is C46H63N11O8. The number of unbranched alkanes of at least 4 members (excludes halogenated alkanes) is 2. The van der Waals surface area contributed by atoms with Gasteiger partial charge in [0.25, 0.3) is 5.91 Å². The van der Waals surface area contributed by atoms with Crippen molar-refractivity contribution in [2.75, 3.05) is 25.0 Å². The van der Waals surface area contributed by atoms with Crippen molar-refractivity contribution in [1.29, 1.82) is 0 Å². The van der Waals surface area contributed by atoms with Crippen LogP contribution in [-0.2, 0) is 40.0 Å². The van der Waals surface area contributed by atoms with Gasteiger partial charge in [-0.2, -0.15) is 0 Å². The lowest BCUT2D eigenvalue weighted by molar-refractivity contribution is -0.132. The molecule has 0 radical (unpaired) electrons. The fourth-order valence-corrected chi connectivity index (χ4v) is 7.46. The highest BCUT2D eigenvalue weighted by Crippen LogP contribution is 2.26. The Morgan fingerprint density at radius 3 is 2.17 bits per heavy atom. The Morgan fingerprint density at radius 1 is 0.785 bits per heavy atom. The Labute approximate surface area is 378 Å². The molecule has 3 aromatic rings. The van der Waals surface area contributed by atoms with Crippen molar-refractivity contribution in [2.24, 2.45) is 22.2 Å². The summed E-state index contributed by atoms with van der Waals surface area (Å²) >= 11 is 0. The van der Waals surface area contributed by atoms with Gasteiger partial charge in [-0.05, 0) is 80.8 Å². The number of hydrogen-bond acceptors (Lipinski definition) is 9. The van der Waals surface area contributed by atoms with Crippen molar-refractivity contribution < 1.29 is 38.4 Å². The van der Waals surface area contributed by atoms with Crippen molar-refractivity contribution in [2.45, 2.75) is 116 Å². The minimum absolute atomic E-state index is 0.0401. The Kier molecular flexibility index (Phi) is 19.2. The molecule has 1 unspecified atom stereocenters. The zero-order valence-corrected chi connectivity index (χ0v) is 37.5. The molecule has 0 aromatic heterocycles. The molecule has 8 amide bonds. The van der Waals surface area contributed by atoms with Gasteiger partial charge in [0.1, 0.15) is 36.8 Å². The third-order valence-electron chi connectivity index (χ3n) is 10.9. The van der Waals surface area contributed by atoms with Crippen LogP contribution in [0, 0.1) is 6.92 Å². The van der Waals surface area contributed by atoms with Crippen molar-refractivity contribution in [3.8, 4) is 0 Å². The van der Waals surface area contributed by atoms with E-state index in [1.165, 1.54) is 13.8 Å². The van der Waals surface area contributed by atoms with E-state index in [1.54, 1.807) is 25.1 Å². The number of hydrogen-bond donors (Lipinski definition) is 9. The fraction of sp³-hybridized carbons (Fsp3) is 0.457. The molecule has 350 valence electrons. The van der Waals surface area contributed by atoms with Crippen molar-refractivity contribution in [1.82, 2.24) is 31.5 Å². The normalized spacial score (nSPS) is 15.2. The van der Waals surface area contributed by atoms with Crippen molar-refractivity contribution in [3.05, 3.63) is 77.4 Å². The molecule has 3 aromatic carbocycles. The highest BCUT2D eigenvalue weighted by Gasteiger charge is 2.37. The van der Waals surface area contributed by atoms with E-state index in [1.807, 2.05) is 49.4 Å². The van der Waals surface area contributed by atoms with E-state index in [0.29, 0.717) is 25.7 Å².